The summed E-state index contributed by atoms with van der Waals surface area (Å²) in [5.74, 6) is 1.91. The van der Waals surface area contributed by atoms with Crippen LogP contribution >= 0.6 is 11.8 Å². The maximum absolute atomic E-state index is 13.1. The zero-order valence-electron chi connectivity index (χ0n) is 10.2. The predicted octanol–water partition coefficient (Wildman–Crippen LogP) is 2.90. The van der Waals surface area contributed by atoms with Crippen molar-refractivity contribution in [1.29, 1.82) is 0 Å². The first-order valence-electron chi connectivity index (χ1n) is 6.00. The molecule has 3 nitrogen and oxygen atoms in total. The minimum absolute atomic E-state index is 0.0827. The fourth-order valence-electron chi connectivity index (χ4n) is 2.05. The van der Waals surface area contributed by atoms with Crippen LogP contribution in [0.4, 0.5) is 10.2 Å². The van der Waals surface area contributed by atoms with Crippen molar-refractivity contribution >= 4 is 17.6 Å². The van der Waals surface area contributed by atoms with Gasteiger partial charge >= 0.3 is 0 Å². The summed E-state index contributed by atoms with van der Waals surface area (Å²) in [6.07, 6.45) is 2.59. The van der Waals surface area contributed by atoms with Gasteiger partial charge in [0.15, 0.2) is 0 Å². The van der Waals surface area contributed by atoms with Crippen molar-refractivity contribution in [3.63, 3.8) is 0 Å². The lowest BCUT2D eigenvalue weighted by Gasteiger charge is -2.09. The Labute approximate surface area is 115 Å². The van der Waals surface area contributed by atoms with Gasteiger partial charge in [0.05, 0.1) is 0 Å². The smallest absolute Gasteiger partial charge is 0.123 e. The average molecular weight is 276 g/mol. The molecule has 0 spiro atoms. The van der Waals surface area contributed by atoms with Gasteiger partial charge in [0.1, 0.15) is 23.5 Å². The lowest BCUT2D eigenvalue weighted by atomic mass is 10.1. The van der Waals surface area contributed by atoms with E-state index in [4.69, 9.17) is 10.5 Å². The van der Waals surface area contributed by atoms with Crippen molar-refractivity contribution in [1.82, 2.24) is 4.98 Å². The molecule has 2 heterocycles. The van der Waals surface area contributed by atoms with E-state index >= 15 is 0 Å². The standard InChI is InChI=1S/C14H13FN2OS/c15-10-1-3-13-9(5-10)6-11(18-13)8-19-12-2-4-14(16)17-7-12/h1-5,7,11H,6,8H2,(H2,16,17). The lowest BCUT2D eigenvalue weighted by molar-refractivity contribution is 0.259. The van der Waals surface area contributed by atoms with E-state index in [1.807, 2.05) is 6.07 Å². The van der Waals surface area contributed by atoms with Crippen molar-refractivity contribution in [3.05, 3.63) is 47.9 Å². The molecule has 1 aromatic heterocycles. The summed E-state index contributed by atoms with van der Waals surface area (Å²) in [5, 5.41) is 0. The first-order valence-corrected chi connectivity index (χ1v) is 6.99. The van der Waals surface area contributed by atoms with E-state index < -0.39 is 0 Å². The highest BCUT2D eigenvalue weighted by Gasteiger charge is 2.23. The van der Waals surface area contributed by atoms with Crippen molar-refractivity contribution in [2.24, 2.45) is 0 Å². The fraction of sp³-hybridized carbons (Fsp3) is 0.214. The molecule has 1 aliphatic rings. The number of anilines is 1. The van der Waals surface area contributed by atoms with Crippen molar-refractivity contribution in [2.75, 3.05) is 11.5 Å². The topological polar surface area (TPSA) is 48.1 Å². The Balaban J connectivity index is 1.60. The van der Waals surface area contributed by atoms with Crippen LogP contribution in [0.5, 0.6) is 5.75 Å². The van der Waals surface area contributed by atoms with Gasteiger partial charge in [-0.2, -0.15) is 0 Å². The number of nitrogen functional groups attached to an aromatic ring is 1. The van der Waals surface area contributed by atoms with Crippen molar-refractivity contribution in [3.8, 4) is 5.75 Å². The second-order valence-corrected chi connectivity index (χ2v) is 5.52. The summed E-state index contributed by atoms with van der Waals surface area (Å²) in [6.45, 7) is 0. The van der Waals surface area contributed by atoms with E-state index in [1.165, 1.54) is 6.07 Å². The van der Waals surface area contributed by atoms with Gasteiger partial charge in [-0.05, 0) is 30.3 Å². The molecule has 2 N–H and O–H groups in total. The number of pyridine rings is 1. The van der Waals surface area contributed by atoms with Gasteiger partial charge in [0, 0.05) is 28.8 Å². The third kappa shape index (κ3) is 2.81. The Morgan fingerprint density at radius 3 is 3.05 bits per heavy atom. The molecule has 0 radical (unpaired) electrons. The van der Waals surface area contributed by atoms with Gasteiger partial charge in [-0.3, -0.25) is 0 Å². The number of ether oxygens (including phenoxy) is 1. The summed E-state index contributed by atoms with van der Waals surface area (Å²) >= 11 is 1.66. The number of nitrogens with zero attached hydrogens (tertiary/aromatic N) is 1. The number of nitrogens with two attached hydrogens (primary N) is 1. The van der Waals surface area contributed by atoms with Crippen LogP contribution in [0, 0.1) is 5.82 Å². The summed E-state index contributed by atoms with van der Waals surface area (Å²) in [4.78, 5) is 5.10. The van der Waals surface area contributed by atoms with Crippen LogP contribution in [0.25, 0.3) is 0 Å². The minimum Gasteiger partial charge on any atom is -0.489 e. The van der Waals surface area contributed by atoms with E-state index in [-0.39, 0.29) is 11.9 Å². The molecule has 19 heavy (non-hydrogen) atoms. The van der Waals surface area contributed by atoms with Gasteiger partial charge in [0.2, 0.25) is 0 Å². The van der Waals surface area contributed by atoms with Crippen LogP contribution in [-0.2, 0) is 6.42 Å². The molecule has 0 saturated carbocycles. The first kappa shape index (κ1) is 12.3. The predicted molar refractivity (Wildman–Crippen MR) is 73.9 cm³/mol. The van der Waals surface area contributed by atoms with Gasteiger partial charge in [0.25, 0.3) is 0 Å². The number of thioether (sulfide) groups is 1. The highest BCUT2D eigenvalue weighted by molar-refractivity contribution is 7.99. The number of rotatable bonds is 3. The zero-order valence-corrected chi connectivity index (χ0v) is 11.0. The van der Waals surface area contributed by atoms with Crippen molar-refractivity contribution in [2.45, 2.75) is 17.4 Å². The first-order chi connectivity index (χ1) is 9.20. The van der Waals surface area contributed by atoms with Gasteiger partial charge in [-0.15, -0.1) is 11.8 Å². The lowest BCUT2D eigenvalue weighted by Crippen LogP contribution is -2.15. The molecule has 3 rings (SSSR count). The number of halogens is 1. The molecule has 0 aliphatic carbocycles. The summed E-state index contributed by atoms with van der Waals surface area (Å²) in [5.41, 5.74) is 6.48. The highest BCUT2D eigenvalue weighted by atomic mass is 32.2. The Bertz CT molecular complexity index is 588. The second kappa shape index (κ2) is 5.09. The van der Waals surface area contributed by atoms with Crippen LogP contribution < -0.4 is 10.5 Å². The van der Waals surface area contributed by atoms with Crippen LogP contribution in [0.1, 0.15) is 5.56 Å². The Morgan fingerprint density at radius 2 is 2.26 bits per heavy atom. The Morgan fingerprint density at radius 1 is 1.37 bits per heavy atom. The maximum Gasteiger partial charge on any atom is 0.123 e. The van der Waals surface area contributed by atoms with Gasteiger partial charge in [-0.1, -0.05) is 0 Å². The van der Waals surface area contributed by atoms with Gasteiger partial charge in [-0.25, -0.2) is 9.37 Å². The molecule has 1 atom stereocenters. The summed E-state index contributed by atoms with van der Waals surface area (Å²) < 4.78 is 18.9. The quantitative estimate of drug-likeness (QED) is 0.876. The van der Waals surface area contributed by atoms with Crippen LogP contribution in [-0.4, -0.2) is 16.8 Å². The van der Waals surface area contributed by atoms with E-state index in [9.17, 15) is 4.39 Å². The molecular formula is C14H13FN2OS. The third-order valence-electron chi connectivity index (χ3n) is 2.96. The molecule has 98 valence electrons. The monoisotopic (exact) mass is 276 g/mol. The second-order valence-electron chi connectivity index (χ2n) is 4.43. The van der Waals surface area contributed by atoms with E-state index in [0.717, 1.165) is 28.4 Å². The molecule has 0 bridgehead atoms. The molecule has 1 aliphatic heterocycles. The number of benzene rings is 1. The molecule has 0 amide bonds. The molecular weight excluding hydrogens is 263 g/mol. The van der Waals surface area contributed by atoms with Crippen LogP contribution in [0.3, 0.4) is 0 Å². The maximum atomic E-state index is 13.1. The summed E-state index contributed by atoms with van der Waals surface area (Å²) in [7, 11) is 0. The normalized spacial score (nSPS) is 17.0. The molecule has 1 aromatic carbocycles. The average Bonchev–Trinajstić information content (AvgIpc) is 2.80. The highest BCUT2D eigenvalue weighted by Crippen LogP contribution is 2.31. The van der Waals surface area contributed by atoms with Gasteiger partial charge < -0.3 is 10.5 Å². The molecule has 0 saturated heterocycles. The Kier molecular flexibility index (Phi) is 3.29. The SMILES string of the molecule is Nc1ccc(SCC2Cc3cc(F)ccc3O2)cn1. The number of aromatic nitrogens is 1. The minimum atomic E-state index is -0.210. The largest absolute Gasteiger partial charge is 0.489 e. The molecule has 5 heteroatoms. The molecule has 0 fully saturated rings. The molecule has 1 unspecified atom stereocenters. The van der Waals surface area contributed by atoms with Crippen LogP contribution in [0.15, 0.2) is 41.4 Å². The van der Waals surface area contributed by atoms with E-state index in [2.05, 4.69) is 4.98 Å². The molecule has 2 aromatic rings. The third-order valence-corrected chi connectivity index (χ3v) is 4.07. The number of hydrogen-bond donors (Lipinski definition) is 1. The van der Waals surface area contributed by atoms with Crippen molar-refractivity contribution < 1.29 is 9.13 Å². The number of fused-ring (bicyclic) bond motifs is 1. The Hall–Kier alpha value is -1.75. The zero-order chi connectivity index (χ0) is 13.2. The number of hydrogen-bond acceptors (Lipinski definition) is 4. The van der Waals surface area contributed by atoms with E-state index in [0.29, 0.717) is 5.82 Å². The van der Waals surface area contributed by atoms with Crippen LogP contribution in [0.2, 0.25) is 0 Å². The fourth-order valence-corrected chi connectivity index (χ4v) is 2.90. The van der Waals surface area contributed by atoms with E-state index in [1.54, 1.807) is 36.2 Å². The summed E-state index contributed by atoms with van der Waals surface area (Å²) in [6, 6.07) is 8.39.